The van der Waals surface area contributed by atoms with Gasteiger partial charge in [-0.05, 0) is 47.4 Å². The van der Waals surface area contributed by atoms with Gasteiger partial charge in [0.1, 0.15) is 6.07 Å². The second-order valence-corrected chi connectivity index (χ2v) is 10.7. The molecule has 1 fully saturated rings. The number of halogens is 1. The maximum Gasteiger partial charge on any atom is 0.243 e. The summed E-state index contributed by atoms with van der Waals surface area (Å²) >= 11 is 5.91. The van der Waals surface area contributed by atoms with E-state index in [2.05, 4.69) is 24.9 Å². The quantitative estimate of drug-likeness (QED) is 0.476. The first-order chi connectivity index (χ1) is 16.3. The Morgan fingerprint density at radius 1 is 1.03 bits per heavy atom. The molecule has 1 aliphatic rings. The molecule has 176 valence electrons. The van der Waals surface area contributed by atoms with E-state index >= 15 is 0 Å². The number of nitriles is 1. The van der Waals surface area contributed by atoms with Crippen LogP contribution in [0.2, 0.25) is 5.02 Å². The largest absolute Gasteiger partial charge is 0.420 e. The molecule has 9 heteroatoms. The van der Waals surface area contributed by atoms with Crippen molar-refractivity contribution in [2.24, 2.45) is 0 Å². The fraction of sp³-hybridized carbons (Fsp3) is 0.280. The van der Waals surface area contributed by atoms with E-state index in [4.69, 9.17) is 16.0 Å². The molecule has 7 nitrogen and oxygen atoms in total. The Kier molecular flexibility index (Phi) is 7.08. The Morgan fingerprint density at radius 3 is 2.26 bits per heavy atom. The number of hydrogen-bond donors (Lipinski definition) is 0. The van der Waals surface area contributed by atoms with E-state index in [1.54, 1.807) is 30.3 Å². The number of aromatic nitrogens is 1. The highest BCUT2D eigenvalue weighted by Gasteiger charge is 2.31. The summed E-state index contributed by atoms with van der Waals surface area (Å²) < 4.78 is 33.5. The summed E-state index contributed by atoms with van der Waals surface area (Å²) in [6.07, 6.45) is 3.51. The zero-order valence-corrected chi connectivity index (χ0v) is 20.6. The number of piperazine rings is 1. The molecule has 1 aromatic heterocycles. The van der Waals surface area contributed by atoms with Crippen molar-refractivity contribution in [2.75, 3.05) is 31.1 Å². The number of hydrogen-bond acceptors (Lipinski definition) is 6. The summed E-state index contributed by atoms with van der Waals surface area (Å²) in [6.45, 7) is 5.51. The minimum Gasteiger partial charge on any atom is -0.420 e. The van der Waals surface area contributed by atoms with Gasteiger partial charge in [-0.15, -0.1) is 0 Å². The lowest BCUT2D eigenvalue weighted by Crippen LogP contribution is -2.48. The highest BCUT2D eigenvalue weighted by Crippen LogP contribution is 2.26. The first-order valence-electron chi connectivity index (χ1n) is 11.0. The lowest BCUT2D eigenvalue weighted by atomic mass is 10.0. The fourth-order valence-corrected chi connectivity index (χ4v) is 5.28. The Balaban J connectivity index is 1.45. The van der Waals surface area contributed by atoms with Gasteiger partial charge in [0.15, 0.2) is 0 Å². The van der Waals surface area contributed by atoms with Crippen molar-refractivity contribution in [1.82, 2.24) is 9.29 Å². The van der Waals surface area contributed by atoms with Crippen LogP contribution in [0.1, 0.15) is 42.5 Å². The minimum absolute atomic E-state index is 0.177. The molecule has 1 saturated heterocycles. The minimum atomic E-state index is -3.59. The normalized spacial score (nSPS) is 15.2. The number of sulfonamides is 1. The summed E-state index contributed by atoms with van der Waals surface area (Å²) in [6, 6.07) is 16.4. The van der Waals surface area contributed by atoms with Crippen LogP contribution in [0.3, 0.4) is 0 Å². The first kappa shape index (κ1) is 24.0. The lowest BCUT2D eigenvalue weighted by molar-refractivity contribution is 0.373. The smallest absolute Gasteiger partial charge is 0.243 e. The molecular formula is C25H25ClN4O3S. The van der Waals surface area contributed by atoms with Crippen molar-refractivity contribution >= 4 is 39.7 Å². The predicted molar refractivity (Wildman–Crippen MR) is 133 cm³/mol. The topological polar surface area (TPSA) is 90.4 Å². The molecule has 0 atom stereocenters. The van der Waals surface area contributed by atoms with Gasteiger partial charge in [0.25, 0.3) is 0 Å². The van der Waals surface area contributed by atoms with Gasteiger partial charge in [0.2, 0.25) is 27.5 Å². The van der Waals surface area contributed by atoms with Gasteiger partial charge in [0, 0.05) is 37.3 Å². The van der Waals surface area contributed by atoms with E-state index in [9.17, 15) is 13.7 Å². The Morgan fingerprint density at radius 2 is 1.68 bits per heavy atom. The van der Waals surface area contributed by atoms with Crippen LogP contribution in [-0.2, 0) is 10.0 Å². The van der Waals surface area contributed by atoms with Gasteiger partial charge in [0.05, 0.1) is 4.90 Å². The number of anilines is 1. The molecule has 0 N–H and O–H groups in total. The summed E-state index contributed by atoms with van der Waals surface area (Å²) in [5.74, 6) is 1.00. The standard InChI is InChI=1S/C25H25ClN4O3S/c1-18(2)20-6-10-22(11-7-20)34(31,32)30-15-13-29(14-16-30)25-23(17-27)28-24(33-25)12-5-19-3-8-21(26)9-4-19/h3-12,18H,13-16H2,1-2H3. The number of oxazole rings is 1. The van der Waals surface area contributed by atoms with Crippen LogP contribution >= 0.6 is 11.6 Å². The Hall–Kier alpha value is -3.12. The average molecular weight is 497 g/mol. The molecule has 4 rings (SSSR count). The zero-order valence-electron chi connectivity index (χ0n) is 19.0. The third kappa shape index (κ3) is 5.17. The summed E-state index contributed by atoms with van der Waals surface area (Å²) in [7, 11) is -3.59. The zero-order chi connectivity index (χ0) is 24.3. The summed E-state index contributed by atoms with van der Waals surface area (Å²) in [4.78, 5) is 6.41. The van der Waals surface area contributed by atoms with Crippen LogP contribution < -0.4 is 4.90 Å². The number of nitrogens with zero attached hydrogens (tertiary/aromatic N) is 4. The van der Waals surface area contributed by atoms with Gasteiger partial charge in [-0.2, -0.15) is 14.6 Å². The van der Waals surface area contributed by atoms with Crippen molar-refractivity contribution in [1.29, 1.82) is 5.26 Å². The molecule has 0 bridgehead atoms. The fourth-order valence-electron chi connectivity index (χ4n) is 3.73. The van der Waals surface area contributed by atoms with Crippen LogP contribution in [0.25, 0.3) is 12.2 Å². The number of benzene rings is 2. The monoisotopic (exact) mass is 496 g/mol. The third-order valence-corrected chi connectivity index (χ3v) is 7.90. The average Bonchev–Trinajstić information content (AvgIpc) is 3.27. The van der Waals surface area contributed by atoms with E-state index in [1.807, 2.05) is 35.2 Å². The highest BCUT2D eigenvalue weighted by molar-refractivity contribution is 7.89. The lowest BCUT2D eigenvalue weighted by Gasteiger charge is -2.33. The van der Waals surface area contributed by atoms with Crippen molar-refractivity contribution in [3.05, 3.63) is 76.3 Å². The van der Waals surface area contributed by atoms with Gasteiger partial charge >= 0.3 is 0 Å². The third-order valence-electron chi connectivity index (χ3n) is 5.73. The van der Waals surface area contributed by atoms with Gasteiger partial charge in [-0.25, -0.2) is 8.42 Å². The molecule has 34 heavy (non-hydrogen) atoms. The molecule has 0 radical (unpaired) electrons. The van der Waals surface area contributed by atoms with Crippen molar-refractivity contribution in [3.63, 3.8) is 0 Å². The maximum absolute atomic E-state index is 13.1. The van der Waals surface area contributed by atoms with Gasteiger partial charge in [-0.1, -0.05) is 49.7 Å². The molecule has 0 spiro atoms. The van der Waals surface area contributed by atoms with E-state index in [0.29, 0.717) is 35.8 Å². The summed E-state index contributed by atoms with van der Waals surface area (Å²) in [5.41, 5.74) is 2.19. The molecule has 2 heterocycles. The molecule has 3 aromatic rings. The van der Waals surface area contributed by atoms with Crippen molar-refractivity contribution in [3.8, 4) is 6.07 Å². The molecule has 1 aliphatic heterocycles. The van der Waals surface area contributed by atoms with E-state index < -0.39 is 10.0 Å². The Bertz CT molecular complexity index is 1320. The second kappa shape index (κ2) is 10.0. The Labute approximate surface area is 204 Å². The molecule has 2 aromatic carbocycles. The second-order valence-electron chi connectivity index (χ2n) is 8.32. The first-order valence-corrected chi connectivity index (χ1v) is 12.8. The van der Waals surface area contributed by atoms with Crippen molar-refractivity contribution in [2.45, 2.75) is 24.7 Å². The molecule has 0 saturated carbocycles. The van der Waals surface area contributed by atoms with Crippen LogP contribution in [-0.4, -0.2) is 43.9 Å². The van der Waals surface area contributed by atoms with Crippen molar-refractivity contribution < 1.29 is 12.8 Å². The molecular weight excluding hydrogens is 472 g/mol. The molecule has 0 aliphatic carbocycles. The van der Waals surface area contributed by atoms with Gasteiger partial charge < -0.3 is 9.32 Å². The maximum atomic E-state index is 13.1. The van der Waals surface area contributed by atoms with Crippen LogP contribution in [0.15, 0.2) is 57.8 Å². The molecule has 0 amide bonds. The van der Waals surface area contributed by atoms with Crippen LogP contribution in [0, 0.1) is 11.3 Å². The SMILES string of the molecule is CC(C)c1ccc(S(=O)(=O)N2CCN(c3oc(C=Cc4ccc(Cl)cc4)nc3C#N)CC2)cc1. The van der Waals surface area contributed by atoms with Gasteiger partial charge in [-0.3, -0.25) is 0 Å². The molecule has 0 unspecified atom stereocenters. The van der Waals surface area contributed by atoms with E-state index in [-0.39, 0.29) is 23.7 Å². The van der Waals surface area contributed by atoms with Crippen LogP contribution in [0.4, 0.5) is 5.88 Å². The summed E-state index contributed by atoms with van der Waals surface area (Å²) in [5, 5.41) is 10.2. The predicted octanol–water partition coefficient (Wildman–Crippen LogP) is 5.00. The van der Waals surface area contributed by atoms with Crippen LogP contribution in [0.5, 0.6) is 0 Å². The van der Waals surface area contributed by atoms with E-state index in [1.165, 1.54) is 4.31 Å². The van der Waals surface area contributed by atoms with E-state index in [0.717, 1.165) is 11.1 Å². The highest BCUT2D eigenvalue weighted by atomic mass is 35.5. The number of rotatable bonds is 6.